The number of hydrogen-bond acceptors (Lipinski definition) is 3. The highest BCUT2D eigenvalue weighted by molar-refractivity contribution is 6.30. The minimum Gasteiger partial charge on any atom is -0.493 e. The summed E-state index contributed by atoms with van der Waals surface area (Å²) in [4.78, 5) is 14.6. The second-order valence-corrected chi connectivity index (χ2v) is 4.86. The number of amides is 1. The highest BCUT2D eigenvalue weighted by atomic mass is 35.5. The summed E-state index contributed by atoms with van der Waals surface area (Å²) >= 11 is 5.76. The van der Waals surface area contributed by atoms with E-state index in [1.165, 1.54) is 0 Å². The van der Waals surface area contributed by atoms with Gasteiger partial charge in [0.2, 0.25) is 0 Å². The molecule has 0 aliphatic carbocycles. The molecule has 1 aromatic carbocycles. The van der Waals surface area contributed by atoms with Crippen molar-refractivity contribution in [3.05, 3.63) is 46.7 Å². The van der Waals surface area contributed by atoms with Gasteiger partial charge in [-0.15, -0.1) is 0 Å². The zero-order chi connectivity index (χ0) is 15.2. The first kappa shape index (κ1) is 15.3. The van der Waals surface area contributed by atoms with E-state index in [0.29, 0.717) is 35.2 Å². The average Bonchev–Trinajstić information content (AvgIpc) is 2.93. The lowest BCUT2D eigenvalue weighted by Crippen LogP contribution is -2.25. The van der Waals surface area contributed by atoms with Crippen molar-refractivity contribution in [3.63, 3.8) is 0 Å². The van der Waals surface area contributed by atoms with Crippen LogP contribution in [0, 0.1) is 0 Å². The number of benzene rings is 1. The van der Waals surface area contributed by atoms with E-state index >= 15 is 0 Å². The Morgan fingerprint density at radius 1 is 1.24 bits per heavy atom. The number of nitrogens with one attached hydrogen (secondary N) is 2. The zero-order valence-corrected chi connectivity index (χ0v) is 12.7. The van der Waals surface area contributed by atoms with Gasteiger partial charge in [0.1, 0.15) is 5.69 Å². The minimum absolute atomic E-state index is 0.178. The molecule has 1 aromatic heterocycles. The lowest BCUT2D eigenvalue weighted by molar-refractivity contribution is 0.0950. The molecular formula is C15H17ClN2O3. The van der Waals surface area contributed by atoms with Crippen molar-refractivity contribution in [2.24, 2.45) is 0 Å². The van der Waals surface area contributed by atoms with Crippen LogP contribution < -0.4 is 14.8 Å². The molecule has 0 bridgehead atoms. The van der Waals surface area contributed by atoms with Crippen LogP contribution in [0.25, 0.3) is 0 Å². The van der Waals surface area contributed by atoms with Crippen LogP contribution in [0.5, 0.6) is 11.5 Å². The van der Waals surface area contributed by atoms with Gasteiger partial charge in [-0.2, -0.15) is 0 Å². The number of hydrogen-bond donors (Lipinski definition) is 2. The van der Waals surface area contributed by atoms with Gasteiger partial charge in [-0.05, 0) is 30.2 Å². The molecule has 0 fully saturated rings. The molecule has 6 heteroatoms. The summed E-state index contributed by atoms with van der Waals surface area (Å²) in [6.07, 6.45) is 2.27. The highest BCUT2D eigenvalue weighted by Gasteiger charge is 2.08. The molecule has 0 unspecified atom stereocenters. The number of aromatic nitrogens is 1. The maximum Gasteiger partial charge on any atom is 0.267 e. The largest absolute Gasteiger partial charge is 0.493 e. The molecule has 21 heavy (non-hydrogen) atoms. The number of ether oxygens (including phenoxy) is 2. The van der Waals surface area contributed by atoms with E-state index in [1.54, 1.807) is 26.5 Å². The first-order valence-corrected chi connectivity index (χ1v) is 6.85. The van der Waals surface area contributed by atoms with Crippen LogP contribution in [0.15, 0.2) is 30.5 Å². The molecule has 0 radical (unpaired) electrons. The predicted octanol–water partition coefficient (Wildman–Crippen LogP) is 2.66. The van der Waals surface area contributed by atoms with Gasteiger partial charge < -0.3 is 19.8 Å². The van der Waals surface area contributed by atoms with Crippen molar-refractivity contribution in [3.8, 4) is 11.5 Å². The van der Waals surface area contributed by atoms with Gasteiger partial charge in [-0.25, -0.2) is 0 Å². The molecule has 0 saturated carbocycles. The Hall–Kier alpha value is -2.14. The van der Waals surface area contributed by atoms with E-state index < -0.39 is 0 Å². The van der Waals surface area contributed by atoms with Crippen LogP contribution >= 0.6 is 11.6 Å². The van der Waals surface area contributed by atoms with E-state index in [-0.39, 0.29) is 5.91 Å². The first-order valence-electron chi connectivity index (χ1n) is 6.47. The Kier molecular flexibility index (Phi) is 5.11. The van der Waals surface area contributed by atoms with E-state index in [4.69, 9.17) is 21.1 Å². The third-order valence-electron chi connectivity index (χ3n) is 3.04. The van der Waals surface area contributed by atoms with Crippen molar-refractivity contribution in [2.75, 3.05) is 20.8 Å². The topological polar surface area (TPSA) is 63.3 Å². The van der Waals surface area contributed by atoms with Gasteiger partial charge in [-0.1, -0.05) is 17.7 Å². The van der Waals surface area contributed by atoms with E-state index in [2.05, 4.69) is 10.3 Å². The van der Waals surface area contributed by atoms with Crippen LogP contribution in [0.1, 0.15) is 16.1 Å². The normalized spacial score (nSPS) is 10.2. The molecule has 0 spiro atoms. The molecule has 112 valence electrons. The Morgan fingerprint density at radius 2 is 2.00 bits per heavy atom. The smallest absolute Gasteiger partial charge is 0.267 e. The summed E-state index contributed by atoms with van der Waals surface area (Å²) in [5.41, 5.74) is 1.50. The molecule has 0 aliphatic rings. The van der Waals surface area contributed by atoms with Crippen molar-refractivity contribution in [2.45, 2.75) is 6.42 Å². The van der Waals surface area contributed by atoms with Gasteiger partial charge in [0.25, 0.3) is 5.91 Å². The minimum atomic E-state index is -0.178. The van der Waals surface area contributed by atoms with Crippen LogP contribution in [0.3, 0.4) is 0 Å². The highest BCUT2D eigenvalue weighted by Crippen LogP contribution is 2.27. The molecule has 0 atom stereocenters. The second kappa shape index (κ2) is 7.04. The fraction of sp³-hybridized carbons (Fsp3) is 0.267. The third kappa shape index (κ3) is 3.92. The number of aromatic amines is 1. The molecule has 5 nitrogen and oxygen atoms in total. The summed E-state index contributed by atoms with van der Waals surface area (Å²) in [6.45, 7) is 0.519. The summed E-state index contributed by atoms with van der Waals surface area (Å²) < 4.78 is 10.4. The fourth-order valence-electron chi connectivity index (χ4n) is 1.95. The molecule has 1 amide bonds. The molecular weight excluding hydrogens is 292 g/mol. The van der Waals surface area contributed by atoms with Gasteiger partial charge in [0.05, 0.1) is 19.2 Å². The third-order valence-corrected chi connectivity index (χ3v) is 3.26. The maximum absolute atomic E-state index is 11.8. The molecule has 2 N–H and O–H groups in total. The Morgan fingerprint density at radius 3 is 2.62 bits per heavy atom. The Bertz CT molecular complexity index is 625. The van der Waals surface area contributed by atoms with Crippen molar-refractivity contribution in [1.82, 2.24) is 10.3 Å². The lowest BCUT2D eigenvalue weighted by Gasteiger charge is -2.10. The van der Waals surface area contributed by atoms with Gasteiger partial charge in [-0.3, -0.25) is 4.79 Å². The van der Waals surface area contributed by atoms with E-state index in [0.717, 1.165) is 5.56 Å². The summed E-state index contributed by atoms with van der Waals surface area (Å²) in [5.74, 6) is 1.19. The van der Waals surface area contributed by atoms with Crippen LogP contribution in [0.2, 0.25) is 5.02 Å². The SMILES string of the molecule is COc1ccc(CCNC(=O)c2cc(Cl)c[nH]2)cc1OC. The fourth-order valence-corrected chi connectivity index (χ4v) is 2.11. The molecule has 1 heterocycles. The second-order valence-electron chi connectivity index (χ2n) is 4.43. The summed E-state index contributed by atoms with van der Waals surface area (Å²) in [7, 11) is 3.19. The number of halogens is 1. The maximum atomic E-state index is 11.8. The summed E-state index contributed by atoms with van der Waals surface area (Å²) in [6, 6.07) is 7.28. The monoisotopic (exact) mass is 308 g/mol. The van der Waals surface area contributed by atoms with Gasteiger partial charge >= 0.3 is 0 Å². The number of carbonyl (C=O) groups excluding carboxylic acids is 1. The zero-order valence-electron chi connectivity index (χ0n) is 11.9. The number of methoxy groups -OCH3 is 2. The van der Waals surface area contributed by atoms with Crippen molar-refractivity contribution < 1.29 is 14.3 Å². The van der Waals surface area contributed by atoms with Crippen LogP contribution in [-0.4, -0.2) is 31.7 Å². The molecule has 0 saturated heterocycles. The van der Waals surface area contributed by atoms with E-state index in [1.807, 2.05) is 18.2 Å². The van der Waals surface area contributed by atoms with Crippen molar-refractivity contribution >= 4 is 17.5 Å². The number of carbonyl (C=O) groups is 1. The summed E-state index contributed by atoms with van der Waals surface area (Å²) in [5, 5.41) is 3.34. The van der Waals surface area contributed by atoms with E-state index in [9.17, 15) is 4.79 Å². The van der Waals surface area contributed by atoms with Crippen LogP contribution in [0.4, 0.5) is 0 Å². The average molecular weight is 309 g/mol. The Labute approximate surface area is 128 Å². The Balaban J connectivity index is 1.90. The standard InChI is InChI=1S/C15H17ClN2O3/c1-20-13-4-3-10(7-14(13)21-2)5-6-17-15(19)12-8-11(16)9-18-12/h3-4,7-9,18H,5-6H2,1-2H3,(H,17,19). The number of rotatable bonds is 6. The predicted molar refractivity (Wildman–Crippen MR) is 81.4 cm³/mol. The number of H-pyrrole nitrogens is 1. The van der Waals surface area contributed by atoms with Gasteiger partial charge in [0, 0.05) is 12.7 Å². The first-order chi connectivity index (χ1) is 10.1. The quantitative estimate of drug-likeness (QED) is 0.862. The molecule has 0 aliphatic heterocycles. The van der Waals surface area contributed by atoms with Crippen LogP contribution in [-0.2, 0) is 6.42 Å². The van der Waals surface area contributed by atoms with Crippen molar-refractivity contribution in [1.29, 1.82) is 0 Å². The molecule has 2 aromatic rings. The van der Waals surface area contributed by atoms with Gasteiger partial charge in [0.15, 0.2) is 11.5 Å². The lowest BCUT2D eigenvalue weighted by atomic mass is 10.1. The molecule has 2 rings (SSSR count).